The highest BCUT2D eigenvalue weighted by molar-refractivity contribution is 5.93. The molecule has 2 aliphatic carbocycles. The minimum atomic E-state index is 0.670. The Balaban J connectivity index is 1.58. The molecule has 2 nitrogen and oxygen atoms in total. The number of nitrogens with one attached hydrogen (secondary N) is 2. The van der Waals surface area contributed by atoms with Gasteiger partial charge in [-0.2, -0.15) is 0 Å². The maximum Gasteiger partial charge on any atom is 0.0639 e. The van der Waals surface area contributed by atoms with E-state index in [-0.39, 0.29) is 0 Å². The predicted molar refractivity (Wildman–Crippen MR) is 84.8 cm³/mol. The van der Waals surface area contributed by atoms with Gasteiger partial charge < -0.3 is 10.3 Å². The molecule has 1 aromatic carbocycles. The van der Waals surface area contributed by atoms with Crippen molar-refractivity contribution in [1.82, 2.24) is 4.98 Å². The fourth-order valence-electron chi connectivity index (χ4n) is 3.53. The first-order valence-corrected chi connectivity index (χ1v) is 7.78. The first kappa shape index (κ1) is 12.1. The fraction of sp³-hybridized carbons (Fsp3) is 0.444. The highest BCUT2D eigenvalue weighted by Crippen LogP contribution is 2.72. The topological polar surface area (TPSA) is 27.8 Å². The Morgan fingerprint density at radius 1 is 1.45 bits per heavy atom. The Kier molecular flexibility index (Phi) is 2.50. The van der Waals surface area contributed by atoms with Crippen molar-refractivity contribution in [2.24, 2.45) is 11.3 Å². The van der Waals surface area contributed by atoms with Crippen LogP contribution in [0, 0.1) is 11.3 Å². The molecule has 1 aromatic heterocycles. The molecule has 1 spiro atoms. The van der Waals surface area contributed by atoms with Gasteiger partial charge in [0.05, 0.1) is 5.69 Å². The van der Waals surface area contributed by atoms with Crippen molar-refractivity contribution >= 4 is 16.6 Å². The summed E-state index contributed by atoms with van der Waals surface area (Å²) in [4.78, 5) is 3.35. The Hall–Kier alpha value is -1.70. The van der Waals surface area contributed by atoms with Crippen LogP contribution in [0.1, 0.15) is 38.2 Å². The number of H-pyrrole nitrogens is 1. The number of anilines is 1. The van der Waals surface area contributed by atoms with Crippen LogP contribution < -0.4 is 5.32 Å². The van der Waals surface area contributed by atoms with Crippen molar-refractivity contribution in [3.8, 4) is 0 Å². The van der Waals surface area contributed by atoms with Gasteiger partial charge in [-0.15, -0.1) is 0 Å². The number of aromatic amines is 1. The van der Waals surface area contributed by atoms with E-state index in [2.05, 4.69) is 48.2 Å². The van der Waals surface area contributed by atoms with Crippen LogP contribution in [0.25, 0.3) is 10.9 Å². The number of allylic oxidation sites excluding steroid dienone is 1. The lowest BCUT2D eigenvalue weighted by atomic mass is 10.1. The molecule has 2 saturated carbocycles. The molecule has 2 aliphatic rings. The zero-order chi connectivity index (χ0) is 13.7. The number of rotatable bonds is 5. The zero-order valence-corrected chi connectivity index (χ0v) is 12.1. The van der Waals surface area contributed by atoms with Gasteiger partial charge in [0.25, 0.3) is 0 Å². The Morgan fingerprint density at radius 3 is 3.00 bits per heavy atom. The zero-order valence-electron chi connectivity index (χ0n) is 12.1. The van der Waals surface area contributed by atoms with E-state index in [9.17, 15) is 0 Å². The van der Waals surface area contributed by atoms with Crippen molar-refractivity contribution in [1.29, 1.82) is 0 Å². The van der Waals surface area contributed by atoms with E-state index in [1.807, 2.05) is 0 Å². The van der Waals surface area contributed by atoms with Crippen molar-refractivity contribution in [3.63, 3.8) is 0 Å². The number of aromatic nitrogens is 1. The third-order valence-electron chi connectivity index (χ3n) is 5.08. The van der Waals surface area contributed by atoms with Crippen LogP contribution in [0.3, 0.4) is 0 Å². The SMILES string of the molecule is C=C(Nc1c[nH]c2ccc(CCC)cc12)C1CC12CC2. The van der Waals surface area contributed by atoms with E-state index in [0.29, 0.717) is 11.3 Å². The van der Waals surface area contributed by atoms with E-state index >= 15 is 0 Å². The van der Waals surface area contributed by atoms with Crippen LogP contribution in [0.5, 0.6) is 0 Å². The van der Waals surface area contributed by atoms with Crippen LogP contribution in [-0.2, 0) is 6.42 Å². The molecule has 0 aliphatic heterocycles. The second kappa shape index (κ2) is 4.15. The van der Waals surface area contributed by atoms with Gasteiger partial charge in [0, 0.05) is 28.7 Å². The van der Waals surface area contributed by atoms with E-state index < -0.39 is 0 Å². The number of hydrogen-bond acceptors (Lipinski definition) is 1. The van der Waals surface area contributed by atoms with Gasteiger partial charge in [-0.25, -0.2) is 0 Å². The predicted octanol–water partition coefficient (Wildman–Crippen LogP) is 4.85. The third-order valence-corrected chi connectivity index (χ3v) is 5.08. The molecule has 4 rings (SSSR count). The van der Waals surface area contributed by atoms with Gasteiger partial charge in [0.2, 0.25) is 0 Å². The van der Waals surface area contributed by atoms with Crippen molar-refractivity contribution in [2.75, 3.05) is 5.32 Å². The van der Waals surface area contributed by atoms with Crippen molar-refractivity contribution in [3.05, 3.63) is 42.2 Å². The van der Waals surface area contributed by atoms with Crippen molar-refractivity contribution in [2.45, 2.75) is 39.0 Å². The summed E-state index contributed by atoms with van der Waals surface area (Å²) in [6.45, 7) is 6.49. The number of aryl methyl sites for hydroxylation is 1. The van der Waals surface area contributed by atoms with Gasteiger partial charge in [0.15, 0.2) is 0 Å². The summed E-state index contributed by atoms with van der Waals surface area (Å²) in [5, 5.41) is 4.86. The third kappa shape index (κ3) is 1.86. The minimum absolute atomic E-state index is 0.670. The molecule has 20 heavy (non-hydrogen) atoms. The average molecular weight is 266 g/mol. The summed E-state index contributed by atoms with van der Waals surface area (Å²) in [7, 11) is 0. The van der Waals surface area contributed by atoms with Crippen LogP contribution >= 0.6 is 0 Å². The Labute approximate surface area is 120 Å². The highest BCUT2D eigenvalue weighted by atomic mass is 15.0. The van der Waals surface area contributed by atoms with Gasteiger partial charge in [-0.05, 0) is 48.8 Å². The molecular formula is C18H22N2. The molecule has 2 fully saturated rings. The maximum atomic E-state index is 4.27. The van der Waals surface area contributed by atoms with E-state index in [4.69, 9.17) is 0 Å². The summed E-state index contributed by atoms with van der Waals surface area (Å²) in [5.74, 6) is 0.714. The van der Waals surface area contributed by atoms with Crippen LogP contribution in [0.15, 0.2) is 36.7 Å². The van der Waals surface area contributed by atoms with Crippen LogP contribution in [0.2, 0.25) is 0 Å². The summed E-state index contributed by atoms with van der Waals surface area (Å²) in [6.07, 6.45) is 8.58. The van der Waals surface area contributed by atoms with Gasteiger partial charge in [-0.3, -0.25) is 0 Å². The van der Waals surface area contributed by atoms with Gasteiger partial charge in [-0.1, -0.05) is 26.0 Å². The molecule has 2 aromatic rings. The summed E-state index contributed by atoms with van der Waals surface area (Å²) in [6, 6.07) is 6.72. The Bertz CT molecular complexity index is 676. The normalized spacial score (nSPS) is 22.1. The smallest absolute Gasteiger partial charge is 0.0639 e. The molecule has 2 heteroatoms. The Morgan fingerprint density at radius 2 is 2.30 bits per heavy atom. The number of fused-ring (bicyclic) bond motifs is 1. The van der Waals surface area contributed by atoms with E-state index in [1.54, 1.807) is 0 Å². The second-order valence-corrected chi connectivity index (χ2v) is 6.60. The number of hydrogen-bond donors (Lipinski definition) is 2. The average Bonchev–Trinajstić information content (AvgIpc) is 3.34. The molecule has 1 heterocycles. The van der Waals surface area contributed by atoms with Crippen molar-refractivity contribution < 1.29 is 0 Å². The summed E-state index contributed by atoms with van der Waals surface area (Å²) >= 11 is 0. The first-order chi connectivity index (χ1) is 9.72. The molecule has 0 bridgehead atoms. The molecule has 1 unspecified atom stereocenters. The van der Waals surface area contributed by atoms with E-state index in [0.717, 1.165) is 6.42 Å². The van der Waals surface area contributed by atoms with Crippen LogP contribution in [0.4, 0.5) is 5.69 Å². The summed E-state index contributed by atoms with van der Waals surface area (Å²) in [5.41, 5.74) is 5.69. The highest BCUT2D eigenvalue weighted by Gasteiger charge is 2.63. The quantitative estimate of drug-likeness (QED) is 0.795. The minimum Gasteiger partial charge on any atom is -0.359 e. The lowest BCUT2D eigenvalue weighted by molar-refractivity contribution is 0.797. The largest absolute Gasteiger partial charge is 0.359 e. The van der Waals surface area contributed by atoms with E-state index in [1.165, 1.54) is 53.5 Å². The molecule has 1 atom stereocenters. The maximum absolute atomic E-state index is 4.27. The molecular weight excluding hydrogens is 244 g/mol. The fourth-order valence-corrected chi connectivity index (χ4v) is 3.53. The first-order valence-electron chi connectivity index (χ1n) is 7.78. The second-order valence-electron chi connectivity index (χ2n) is 6.60. The number of benzene rings is 1. The van der Waals surface area contributed by atoms with Crippen LogP contribution in [-0.4, -0.2) is 4.98 Å². The lowest BCUT2D eigenvalue weighted by Crippen LogP contribution is -2.01. The molecule has 2 N–H and O–H groups in total. The van der Waals surface area contributed by atoms with Gasteiger partial charge >= 0.3 is 0 Å². The summed E-state index contributed by atoms with van der Waals surface area (Å²) < 4.78 is 0. The molecule has 0 amide bonds. The molecule has 0 saturated heterocycles. The molecule has 104 valence electrons. The van der Waals surface area contributed by atoms with Gasteiger partial charge in [0.1, 0.15) is 0 Å². The molecule has 0 radical (unpaired) electrons. The standard InChI is InChI=1S/C18H22N2/c1-3-4-13-5-6-16-14(9-13)17(11-19-16)20-12(2)15-10-18(15)7-8-18/h5-6,9,11,15,19-20H,2-4,7-8,10H2,1H3. The lowest BCUT2D eigenvalue weighted by Gasteiger charge is -2.08. The monoisotopic (exact) mass is 266 g/mol.